The third-order valence-corrected chi connectivity index (χ3v) is 3.49. The lowest BCUT2D eigenvalue weighted by atomic mass is 10.0. The van der Waals surface area contributed by atoms with Gasteiger partial charge in [0.2, 0.25) is 0 Å². The predicted octanol–water partition coefficient (Wildman–Crippen LogP) is 1.66. The Morgan fingerprint density at radius 3 is 3.11 bits per heavy atom. The molecule has 18 heavy (non-hydrogen) atoms. The summed E-state index contributed by atoms with van der Waals surface area (Å²) >= 11 is 0. The van der Waals surface area contributed by atoms with Crippen molar-refractivity contribution in [2.45, 2.75) is 18.9 Å². The van der Waals surface area contributed by atoms with Crippen LogP contribution < -0.4 is 5.73 Å². The topological polar surface area (TPSA) is 66.0 Å². The second-order valence-electron chi connectivity index (χ2n) is 4.92. The number of nitrogens with two attached hydrogens (primary N) is 1. The second-order valence-corrected chi connectivity index (χ2v) is 4.92. The highest BCUT2D eigenvalue weighted by molar-refractivity contribution is 5.62. The highest BCUT2D eigenvalue weighted by Gasteiger charge is 2.33. The number of aromatic nitrogens is 3. The molecule has 2 aromatic heterocycles. The Labute approximate surface area is 106 Å². The maximum atomic E-state index is 5.74. The van der Waals surface area contributed by atoms with E-state index in [4.69, 9.17) is 10.5 Å². The summed E-state index contributed by atoms with van der Waals surface area (Å²) in [5.74, 6) is 0.521. The quantitative estimate of drug-likeness (QED) is 0.872. The Morgan fingerprint density at radius 1 is 1.50 bits per heavy atom. The molecule has 1 aliphatic rings. The molecular weight excluding hydrogens is 228 g/mol. The molecular formula is C13H16N4O. The normalized spacial score (nSPS) is 23.4. The highest BCUT2D eigenvalue weighted by atomic mass is 16.5. The molecule has 94 valence electrons. The van der Waals surface area contributed by atoms with Crippen LogP contribution in [0.2, 0.25) is 0 Å². The van der Waals surface area contributed by atoms with Crippen LogP contribution in [0.4, 0.5) is 5.82 Å². The van der Waals surface area contributed by atoms with Crippen LogP contribution in [0.25, 0.3) is 11.3 Å². The Hall–Kier alpha value is -1.88. The van der Waals surface area contributed by atoms with Crippen LogP contribution in [0.3, 0.4) is 0 Å². The average Bonchev–Trinajstić information content (AvgIpc) is 2.98. The van der Waals surface area contributed by atoms with Crippen LogP contribution in [0.5, 0.6) is 0 Å². The molecule has 2 N–H and O–H groups in total. The number of ether oxygens (including phenoxy) is 1. The van der Waals surface area contributed by atoms with Crippen molar-refractivity contribution in [1.82, 2.24) is 14.5 Å². The first-order chi connectivity index (χ1) is 8.69. The minimum Gasteiger partial charge on any atom is -0.384 e. The lowest BCUT2D eigenvalue weighted by Crippen LogP contribution is -2.30. The summed E-state index contributed by atoms with van der Waals surface area (Å²) in [5, 5.41) is 0. The summed E-state index contributed by atoms with van der Waals surface area (Å²) in [5.41, 5.74) is 7.80. The van der Waals surface area contributed by atoms with Crippen molar-refractivity contribution >= 4 is 5.82 Å². The fraction of sp³-hybridized carbons (Fsp3) is 0.385. The van der Waals surface area contributed by atoms with Crippen LogP contribution in [-0.4, -0.2) is 27.7 Å². The van der Waals surface area contributed by atoms with E-state index < -0.39 is 0 Å². The molecule has 0 spiro atoms. The lowest BCUT2D eigenvalue weighted by molar-refractivity contribution is 0.162. The van der Waals surface area contributed by atoms with Gasteiger partial charge < -0.3 is 15.0 Å². The molecule has 0 saturated carbocycles. The average molecular weight is 244 g/mol. The first kappa shape index (κ1) is 11.2. The van der Waals surface area contributed by atoms with Crippen molar-refractivity contribution in [2.75, 3.05) is 18.9 Å². The lowest BCUT2D eigenvalue weighted by Gasteiger charge is -2.26. The van der Waals surface area contributed by atoms with Crippen LogP contribution >= 0.6 is 0 Å². The second kappa shape index (κ2) is 4.10. The first-order valence-corrected chi connectivity index (χ1v) is 6.01. The van der Waals surface area contributed by atoms with Crippen molar-refractivity contribution in [3.8, 4) is 11.3 Å². The molecule has 0 radical (unpaired) electrons. The largest absolute Gasteiger partial charge is 0.384 e. The third-order valence-electron chi connectivity index (χ3n) is 3.49. The molecule has 1 unspecified atom stereocenters. The van der Waals surface area contributed by atoms with Gasteiger partial charge in [0.15, 0.2) is 0 Å². The standard InChI is InChI=1S/C13H16N4O/c1-13(3-5-18-8-13)17-9-15-7-11(17)10-2-4-16-12(14)6-10/h2,4,6-7,9H,3,5,8H2,1H3,(H2,14,16). The zero-order chi connectivity index (χ0) is 12.6. The van der Waals surface area contributed by atoms with E-state index in [0.717, 1.165) is 30.9 Å². The van der Waals surface area contributed by atoms with Crippen LogP contribution in [0, 0.1) is 0 Å². The number of nitrogens with zero attached hydrogens (tertiary/aromatic N) is 3. The molecule has 1 saturated heterocycles. The zero-order valence-electron chi connectivity index (χ0n) is 10.3. The summed E-state index contributed by atoms with van der Waals surface area (Å²) in [6.45, 7) is 3.71. The van der Waals surface area contributed by atoms with Crippen LogP contribution in [0.15, 0.2) is 30.9 Å². The van der Waals surface area contributed by atoms with Gasteiger partial charge in [-0.3, -0.25) is 0 Å². The monoisotopic (exact) mass is 244 g/mol. The molecule has 5 heteroatoms. The van der Waals surface area contributed by atoms with Gasteiger partial charge in [-0.05, 0) is 25.5 Å². The van der Waals surface area contributed by atoms with Gasteiger partial charge in [-0.1, -0.05) is 0 Å². The van der Waals surface area contributed by atoms with E-state index in [-0.39, 0.29) is 5.54 Å². The summed E-state index contributed by atoms with van der Waals surface area (Å²) in [4.78, 5) is 8.28. The molecule has 3 rings (SSSR count). The molecule has 5 nitrogen and oxygen atoms in total. The number of hydrogen-bond acceptors (Lipinski definition) is 4. The van der Waals surface area contributed by atoms with Crippen molar-refractivity contribution in [2.24, 2.45) is 0 Å². The van der Waals surface area contributed by atoms with Gasteiger partial charge in [0, 0.05) is 18.4 Å². The zero-order valence-corrected chi connectivity index (χ0v) is 10.3. The molecule has 3 heterocycles. The van der Waals surface area contributed by atoms with Gasteiger partial charge in [0.05, 0.1) is 30.4 Å². The Balaban J connectivity index is 2.06. The van der Waals surface area contributed by atoms with E-state index in [1.54, 1.807) is 6.20 Å². The van der Waals surface area contributed by atoms with Crippen molar-refractivity contribution in [3.63, 3.8) is 0 Å². The molecule has 2 aromatic rings. The van der Waals surface area contributed by atoms with E-state index in [9.17, 15) is 0 Å². The van der Waals surface area contributed by atoms with Crippen molar-refractivity contribution in [1.29, 1.82) is 0 Å². The van der Waals surface area contributed by atoms with E-state index in [2.05, 4.69) is 21.5 Å². The maximum Gasteiger partial charge on any atom is 0.123 e. The molecule has 0 aliphatic carbocycles. The molecule has 1 aliphatic heterocycles. The van der Waals surface area contributed by atoms with Crippen LogP contribution in [0.1, 0.15) is 13.3 Å². The summed E-state index contributed by atoms with van der Waals surface area (Å²) in [6, 6.07) is 3.82. The summed E-state index contributed by atoms with van der Waals surface area (Å²) < 4.78 is 7.69. The van der Waals surface area contributed by atoms with E-state index >= 15 is 0 Å². The van der Waals surface area contributed by atoms with E-state index in [1.807, 2.05) is 24.7 Å². The van der Waals surface area contributed by atoms with Gasteiger partial charge in [-0.25, -0.2) is 9.97 Å². The van der Waals surface area contributed by atoms with E-state index in [0.29, 0.717) is 5.82 Å². The van der Waals surface area contributed by atoms with Gasteiger partial charge in [0.25, 0.3) is 0 Å². The smallest absolute Gasteiger partial charge is 0.123 e. The summed E-state index contributed by atoms with van der Waals surface area (Å²) in [6.07, 6.45) is 6.44. The van der Waals surface area contributed by atoms with Crippen molar-refractivity contribution < 1.29 is 4.74 Å². The SMILES string of the molecule is CC1(n2cncc2-c2ccnc(N)c2)CCOC1. The minimum absolute atomic E-state index is 0.0239. The van der Waals surface area contributed by atoms with Gasteiger partial charge >= 0.3 is 0 Å². The fourth-order valence-electron chi connectivity index (χ4n) is 2.39. The van der Waals surface area contributed by atoms with Gasteiger partial charge in [0.1, 0.15) is 5.82 Å². The van der Waals surface area contributed by atoms with Crippen LogP contribution in [-0.2, 0) is 10.3 Å². The predicted molar refractivity (Wildman–Crippen MR) is 69.0 cm³/mol. The van der Waals surface area contributed by atoms with Gasteiger partial charge in [-0.2, -0.15) is 0 Å². The minimum atomic E-state index is -0.0239. The molecule has 0 bridgehead atoms. The fourth-order valence-corrected chi connectivity index (χ4v) is 2.39. The van der Waals surface area contributed by atoms with Gasteiger partial charge in [-0.15, -0.1) is 0 Å². The first-order valence-electron chi connectivity index (χ1n) is 6.01. The molecule has 0 amide bonds. The Kier molecular flexibility index (Phi) is 2.56. The van der Waals surface area contributed by atoms with Crippen molar-refractivity contribution in [3.05, 3.63) is 30.9 Å². The number of rotatable bonds is 2. The van der Waals surface area contributed by atoms with E-state index in [1.165, 1.54) is 0 Å². The number of anilines is 1. The third kappa shape index (κ3) is 1.76. The summed E-state index contributed by atoms with van der Waals surface area (Å²) in [7, 11) is 0. The number of hydrogen-bond donors (Lipinski definition) is 1. The molecule has 1 fully saturated rings. The Morgan fingerprint density at radius 2 is 2.39 bits per heavy atom. The molecule has 1 atom stereocenters. The number of imidazole rings is 1. The number of pyridine rings is 1. The molecule has 0 aromatic carbocycles. The highest BCUT2D eigenvalue weighted by Crippen LogP contribution is 2.32. The maximum absolute atomic E-state index is 5.74. The number of nitrogen functional groups attached to an aromatic ring is 1. The Bertz CT molecular complexity index is 558.